The van der Waals surface area contributed by atoms with Crippen LogP contribution in [0.3, 0.4) is 0 Å². The van der Waals surface area contributed by atoms with Gasteiger partial charge >= 0.3 is 5.97 Å². The largest absolute Gasteiger partial charge is 0.459 e. The van der Waals surface area contributed by atoms with Crippen molar-refractivity contribution in [3.05, 3.63) is 53.9 Å². The number of rotatable bonds is 4. The van der Waals surface area contributed by atoms with E-state index in [9.17, 15) is 9.18 Å². The van der Waals surface area contributed by atoms with E-state index >= 15 is 0 Å². The number of benzene rings is 1. The van der Waals surface area contributed by atoms with Crippen molar-refractivity contribution in [3.8, 4) is 0 Å². The number of hydrogen-bond donors (Lipinski definition) is 0. The average molecular weight is 248 g/mol. The monoisotopic (exact) mass is 248 g/mol. The van der Waals surface area contributed by atoms with Gasteiger partial charge in [-0.3, -0.25) is 4.79 Å². The predicted octanol–water partition coefficient (Wildman–Crippen LogP) is 2.13. The first-order valence-electron chi connectivity index (χ1n) is 5.52. The van der Waals surface area contributed by atoms with E-state index in [2.05, 4.69) is 4.98 Å². The molecule has 0 unspecified atom stereocenters. The Balaban J connectivity index is 2.07. The van der Waals surface area contributed by atoms with Gasteiger partial charge in [0.05, 0.1) is 18.2 Å². The van der Waals surface area contributed by atoms with Gasteiger partial charge in [-0.05, 0) is 17.7 Å². The quantitative estimate of drug-likeness (QED) is 0.778. The molecule has 0 atom stereocenters. The van der Waals surface area contributed by atoms with Crippen LogP contribution in [0.5, 0.6) is 0 Å². The summed E-state index contributed by atoms with van der Waals surface area (Å²) in [5.41, 5.74) is 1.76. The Labute approximate surface area is 104 Å². The Kier molecular flexibility index (Phi) is 3.72. The molecule has 0 aliphatic rings. The molecule has 0 aliphatic heterocycles. The molecule has 0 spiro atoms. The fraction of sp³-hybridized carbons (Fsp3) is 0.231. The molecule has 0 aliphatic carbocycles. The van der Waals surface area contributed by atoms with E-state index in [4.69, 9.17) is 4.74 Å². The first-order chi connectivity index (χ1) is 8.65. The lowest BCUT2D eigenvalue weighted by molar-refractivity contribution is -0.142. The lowest BCUT2D eigenvalue weighted by atomic mass is 10.2. The van der Waals surface area contributed by atoms with Gasteiger partial charge in [0.15, 0.2) is 0 Å². The summed E-state index contributed by atoms with van der Waals surface area (Å²) >= 11 is 0. The molecule has 4 nitrogen and oxygen atoms in total. The van der Waals surface area contributed by atoms with Crippen LogP contribution in [-0.2, 0) is 22.7 Å². The van der Waals surface area contributed by atoms with Gasteiger partial charge in [-0.25, -0.2) is 9.37 Å². The highest BCUT2D eigenvalue weighted by molar-refractivity contribution is 5.65. The molecule has 2 rings (SSSR count). The van der Waals surface area contributed by atoms with E-state index in [1.807, 2.05) is 4.57 Å². The lowest BCUT2D eigenvalue weighted by Crippen LogP contribution is -2.07. The highest BCUT2D eigenvalue weighted by Crippen LogP contribution is 2.08. The molecule has 0 radical (unpaired) electrons. The molecule has 0 fully saturated rings. The lowest BCUT2D eigenvalue weighted by Gasteiger charge is -2.08. The van der Waals surface area contributed by atoms with Crippen molar-refractivity contribution in [2.75, 3.05) is 0 Å². The van der Waals surface area contributed by atoms with Crippen LogP contribution in [-0.4, -0.2) is 15.5 Å². The molecular weight excluding hydrogens is 235 g/mol. The number of ether oxygens (including phenoxy) is 1. The molecule has 2 aromatic rings. The number of imidazole rings is 1. The minimum Gasteiger partial charge on any atom is -0.459 e. The number of hydrogen-bond acceptors (Lipinski definition) is 3. The standard InChI is InChI=1S/C13H13FN2O2/c1-10(17)18-8-13-6-15-9-16(13)7-11-2-4-12(14)5-3-11/h2-6,9H,7-8H2,1H3. The van der Waals surface area contributed by atoms with Crippen molar-refractivity contribution in [1.82, 2.24) is 9.55 Å². The fourth-order valence-corrected chi connectivity index (χ4v) is 1.57. The molecule has 0 saturated carbocycles. The Morgan fingerprint density at radius 2 is 2.11 bits per heavy atom. The maximum absolute atomic E-state index is 12.8. The van der Waals surface area contributed by atoms with Gasteiger partial charge in [-0.15, -0.1) is 0 Å². The van der Waals surface area contributed by atoms with Crippen LogP contribution in [0.2, 0.25) is 0 Å². The van der Waals surface area contributed by atoms with E-state index in [0.29, 0.717) is 6.54 Å². The van der Waals surface area contributed by atoms with Crippen LogP contribution in [0.1, 0.15) is 18.2 Å². The molecule has 1 aromatic carbocycles. The maximum Gasteiger partial charge on any atom is 0.303 e. The summed E-state index contributed by atoms with van der Waals surface area (Å²) in [4.78, 5) is 14.8. The van der Waals surface area contributed by atoms with E-state index in [-0.39, 0.29) is 18.4 Å². The van der Waals surface area contributed by atoms with E-state index in [1.165, 1.54) is 19.1 Å². The fourth-order valence-electron chi connectivity index (χ4n) is 1.57. The van der Waals surface area contributed by atoms with Gasteiger partial charge in [0.2, 0.25) is 0 Å². The van der Waals surface area contributed by atoms with Crippen LogP contribution < -0.4 is 0 Å². The van der Waals surface area contributed by atoms with Crippen LogP contribution in [0.4, 0.5) is 4.39 Å². The number of carbonyl (C=O) groups is 1. The van der Waals surface area contributed by atoms with Crippen molar-refractivity contribution in [2.24, 2.45) is 0 Å². The summed E-state index contributed by atoms with van der Waals surface area (Å²) in [6.07, 6.45) is 3.30. The summed E-state index contributed by atoms with van der Waals surface area (Å²) in [6.45, 7) is 2.12. The summed E-state index contributed by atoms with van der Waals surface area (Å²) in [5, 5.41) is 0. The second kappa shape index (κ2) is 5.44. The van der Waals surface area contributed by atoms with Crippen LogP contribution in [0.15, 0.2) is 36.8 Å². The average Bonchev–Trinajstić information content (AvgIpc) is 2.77. The van der Waals surface area contributed by atoms with Crippen molar-refractivity contribution >= 4 is 5.97 Å². The first-order valence-corrected chi connectivity index (χ1v) is 5.52. The van der Waals surface area contributed by atoms with Gasteiger partial charge in [-0.1, -0.05) is 12.1 Å². The first kappa shape index (κ1) is 12.3. The molecule has 0 saturated heterocycles. The van der Waals surface area contributed by atoms with Gasteiger partial charge in [0, 0.05) is 13.5 Å². The second-order valence-corrected chi connectivity index (χ2v) is 3.92. The highest BCUT2D eigenvalue weighted by Gasteiger charge is 2.05. The van der Waals surface area contributed by atoms with Crippen molar-refractivity contribution in [2.45, 2.75) is 20.1 Å². The number of esters is 1. The second-order valence-electron chi connectivity index (χ2n) is 3.92. The van der Waals surface area contributed by atoms with Crippen LogP contribution in [0, 0.1) is 5.82 Å². The molecular formula is C13H13FN2O2. The highest BCUT2D eigenvalue weighted by atomic mass is 19.1. The Morgan fingerprint density at radius 1 is 1.39 bits per heavy atom. The molecule has 0 amide bonds. The zero-order valence-corrected chi connectivity index (χ0v) is 9.97. The molecule has 18 heavy (non-hydrogen) atoms. The maximum atomic E-state index is 12.8. The Morgan fingerprint density at radius 3 is 2.78 bits per heavy atom. The molecule has 94 valence electrons. The zero-order chi connectivity index (χ0) is 13.0. The van der Waals surface area contributed by atoms with Crippen LogP contribution >= 0.6 is 0 Å². The summed E-state index contributed by atoms with van der Waals surface area (Å²) in [5.74, 6) is -0.589. The number of carbonyl (C=O) groups excluding carboxylic acids is 1. The zero-order valence-electron chi connectivity index (χ0n) is 9.97. The minimum absolute atomic E-state index is 0.191. The minimum atomic E-state index is -0.329. The third-order valence-corrected chi connectivity index (χ3v) is 2.49. The normalized spacial score (nSPS) is 10.3. The van der Waals surface area contributed by atoms with Crippen LogP contribution in [0.25, 0.3) is 0 Å². The molecule has 0 N–H and O–H groups in total. The Hall–Kier alpha value is -2.17. The van der Waals surface area contributed by atoms with Gasteiger partial charge < -0.3 is 9.30 Å². The molecule has 5 heteroatoms. The summed E-state index contributed by atoms with van der Waals surface area (Å²) in [7, 11) is 0. The Bertz CT molecular complexity index is 534. The number of nitrogens with zero attached hydrogens (tertiary/aromatic N) is 2. The molecule has 1 aromatic heterocycles. The van der Waals surface area contributed by atoms with Crippen molar-refractivity contribution in [1.29, 1.82) is 0 Å². The van der Waals surface area contributed by atoms with Gasteiger partial charge in [0.1, 0.15) is 12.4 Å². The van der Waals surface area contributed by atoms with Crippen molar-refractivity contribution in [3.63, 3.8) is 0 Å². The van der Waals surface area contributed by atoms with E-state index < -0.39 is 0 Å². The third kappa shape index (κ3) is 3.16. The van der Waals surface area contributed by atoms with E-state index in [0.717, 1.165) is 11.3 Å². The van der Waals surface area contributed by atoms with E-state index in [1.54, 1.807) is 24.7 Å². The van der Waals surface area contributed by atoms with Gasteiger partial charge in [0.25, 0.3) is 0 Å². The topological polar surface area (TPSA) is 44.1 Å². The third-order valence-electron chi connectivity index (χ3n) is 2.49. The van der Waals surface area contributed by atoms with Crippen molar-refractivity contribution < 1.29 is 13.9 Å². The number of aromatic nitrogens is 2. The number of halogens is 1. The SMILES string of the molecule is CC(=O)OCc1cncn1Cc1ccc(F)cc1. The summed E-state index contributed by atoms with van der Waals surface area (Å²) < 4.78 is 19.6. The van der Waals surface area contributed by atoms with Gasteiger partial charge in [-0.2, -0.15) is 0 Å². The molecule has 0 bridgehead atoms. The summed E-state index contributed by atoms with van der Waals surface area (Å²) in [6, 6.07) is 6.26. The smallest absolute Gasteiger partial charge is 0.303 e. The molecule has 1 heterocycles. The predicted molar refractivity (Wildman–Crippen MR) is 63.2 cm³/mol.